The molecular weight excluding hydrogens is 260 g/mol. The van der Waals surface area contributed by atoms with Gasteiger partial charge in [0.25, 0.3) is 0 Å². The third kappa shape index (κ3) is 2.38. The summed E-state index contributed by atoms with van der Waals surface area (Å²) in [5.41, 5.74) is 1.78. The molecule has 0 aliphatic heterocycles. The van der Waals surface area contributed by atoms with Gasteiger partial charge in [0.05, 0.1) is 0 Å². The van der Waals surface area contributed by atoms with Crippen molar-refractivity contribution in [3.05, 3.63) is 29.8 Å². The van der Waals surface area contributed by atoms with E-state index < -0.39 is 0 Å². The molecular formula is C19H25O2. The quantitative estimate of drug-likeness (QED) is 0.592. The molecule has 2 heteroatoms. The summed E-state index contributed by atoms with van der Waals surface area (Å²) in [7, 11) is 0. The Labute approximate surface area is 127 Å². The van der Waals surface area contributed by atoms with E-state index in [0.29, 0.717) is 18.8 Å². The largest absolute Gasteiger partial charge is 0.467 e. The molecule has 4 aliphatic rings. The molecule has 0 spiro atoms. The van der Waals surface area contributed by atoms with Crippen LogP contribution in [-0.4, -0.2) is 13.4 Å². The van der Waals surface area contributed by atoms with Gasteiger partial charge in [0.1, 0.15) is 5.75 Å². The molecule has 4 bridgehead atoms. The average Bonchev–Trinajstić information content (AvgIpc) is 2.46. The van der Waals surface area contributed by atoms with Crippen molar-refractivity contribution in [3.63, 3.8) is 0 Å². The highest BCUT2D eigenvalue weighted by Gasteiger charge is 2.52. The van der Waals surface area contributed by atoms with Crippen LogP contribution in [0.3, 0.4) is 0 Å². The van der Waals surface area contributed by atoms with Crippen molar-refractivity contribution in [3.8, 4) is 5.75 Å². The first-order valence-corrected chi connectivity index (χ1v) is 8.50. The minimum absolute atomic E-state index is 0.361. The predicted molar refractivity (Wildman–Crippen MR) is 82.2 cm³/mol. The van der Waals surface area contributed by atoms with Gasteiger partial charge in [-0.2, -0.15) is 0 Å². The summed E-state index contributed by atoms with van der Waals surface area (Å²) in [6, 6.07) is 9.52. The van der Waals surface area contributed by atoms with Crippen molar-refractivity contribution in [2.75, 3.05) is 13.4 Å². The fourth-order valence-corrected chi connectivity index (χ4v) is 5.59. The fourth-order valence-electron chi connectivity index (χ4n) is 5.59. The molecule has 2 nitrogen and oxygen atoms in total. The van der Waals surface area contributed by atoms with Crippen LogP contribution < -0.4 is 4.74 Å². The van der Waals surface area contributed by atoms with Crippen LogP contribution in [0.25, 0.3) is 0 Å². The van der Waals surface area contributed by atoms with Crippen LogP contribution in [0.5, 0.6) is 5.75 Å². The van der Waals surface area contributed by atoms with Crippen molar-refractivity contribution < 1.29 is 9.47 Å². The van der Waals surface area contributed by atoms with Gasteiger partial charge < -0.3 is 9.47 Å². The summed E-state index contributed by atoms with van der Waals surface area (Å²) in [4.78, 5) is 0. The summed E-state index contributed by atoms with van der Waals surface area (Å²) >= 11 is 0. The zero-order chi connectivity index (χ0) is 14.3. The van der Waals surface area contributed by atoms with E-state index in [1.165, 1.54) is 44.1 Å². The molecule has 0 N–H and O–H groups in total. The van der Waals surface area contributed by atoms with Gasteiger partial charge in [-0.25, -0.2) is 0 Å². The highest BCUT2D eigenvalue weighted by molar-refractivity contribution is 5.41. The number of hydrogen-bond acceptors (Lipinski definition) is 2. The van der Waals surface area contributed by atoms with E-state index in [-0.39, 0.29) is 0 Å². The fraction of sp³-hybridized carbons (Fsp3) is 0.684. The second kappa shape index (κ2) is 5.31. The van der Waals surface area contributed by atoms with Crippen molar-refractivity contribution in [2.24, 2.45) is 17.8 Å². The summed E-state index contributed by atoms with van der Waals surface area (Å²) in [6.07, 6.45) is 8.52. The summed E-state index contributed by atoms with van der Waals surface area (Å²) in [6.45, 7) is 3.06. The minimum atomic E-state index is 0.361. The molecule has 1 aromatic rings. The molecule has 0 aromatic heterocycles. The zero-order valence-corrected chi connectivity index (χ0v) is 12.9. The van der Waals surface area contributed by atoms with Gasteiger partial charge in [-0.3, -0.25) is 0 Å². The van der Waals surface area contributed by atoms with Crippen molar-refractivity contribution in [1.82, 2.24) is 0 Å². The first-order valence-electron chi connectivity index (χ1n) is 8.50. The topological polar surface area (TPSA) is 18.5 Å². The van der Waals surface area contributed by atoms with Crippen LogP contribution in [0, 0.1) is 23.8 Å². The van der Waals surface area contributed by atoms with Gasteiger partial charge in [0.2, 0.25) is 0 Å². The maximum absolute atomic E-state index is 5.92. The molecule has 0 atom stereocenters. The van der Waals surface area contributed by atoms with Gasteiger partial charge in [-0.1, -0.05) is 6.07 Å². The Balaban J connectivity index is 1.63. The van der Waals surface area contributed by atoms with Gasteiger partial charge in [-0.05, 0) is 86.8 Å². The normalized spacial score (nSPS) is 36.9. The van der Waals surface area contributed by atoms with Crippen LogP contribution in [0.2, 0.25) is 0 Å². The third-order valence-electron chi connectivity index (χ3n) is 5.94. The molecule has 0 amide bonds. The summed E-state index contributed by atoms with van der Waals surface area (Å²) < 4.78 is 11.3. The Morgan fingerprint density at radius 3 is 2.43 bits per heavy atom. The second-order valence-corrected chi connectivity index (χ2v) is 7.38. The SMILES string of the molecule is CCOCOc1cc[c]cc1C12CC3CC(CC(C3)C1)C2. The van der Waals surface area contributed by atoms with Gasteiger partial charge in [0, 0.05) is 12.2 Å². The molecule has 0 heterocycles. The Kier molecular flexibility index (Phi) is 3.45. The lowest BCUT2D eigenvalue weighted by Gasteiger charge is -2.57. The van der Waals surface area contributed by atoms with E-state index in [1.54, 1.807) is 0 Å². The van der Waals surface area contributed by atoms with Crippen molar-refractivity contribution >= 4 is 0 Å². The monoisotopic (exact) mass is 285 g/mol. The first kappa shape index (κ1) is 13.6. The van der Waals surface area contributed by atoms with E-state index in [0.717, 1.165) is 23.5 Å². The summed E-state index contributed by atoms with van der Waals surface area (Å²) in [5, 5.41) is 0. The molecule has 113 valence electrons. The molecule has 1 radical (unpaired) electrons. The number of ether oxygens (including phenoxy) is 2. The Morgan fingerprint density at radius 2 is 1.81 bits per heavy atom. The number of rotatable bonds is 5. The smallest absolute Gasteiger partial charge is 0.189 e. The Bertz CT molecular complexity index is 473. The van der Waals surface area contributed by atoms with Crippen LogP contribution >= 0.6 is 0 Å². The second-order valence-electron chi connectivity index (χ2n) is 7.38. The van der Waals surface area contributed by atoms with Crippen molar-refractivity contribution in [2.45, 2.75) is 50.9 Å². The minimum Gasteiger partial charge on any atom is -0.467 e. The highest BCUT2D eigenvalue weighted by Crippen LogP contribution is 2.61. The van der Waals surface area contributed by atoms with Crippen LogP contribution in [0.1, 0.15) is 51.0 Å². The zero-order valence-electron chi connectivity index (χ0n) is 12.9. The van der Waals surface area contributed by atoms with Crippen LogP contribution in [-0.2, 0) is 10.2 Å². The van der Waals surface area contributed by atoms with Gasteiger partial charge >= 0.3 is 0 Å². The lowest BCUT2D eigenvalue weighted by molar-refractivity contribution is -0.0109. The lowest BCUT2D eigenvalue weighted by Crippen LogP contribution is -2.48. The van der Waals surface area contributed by atoms with Crippen LogP contribution in [0.15, 0.2) is 18.2 Å². The molecule has 1 aromatic carbocycles. The molecule has 4 fully saturated rings. The maximum atomic E-state index is 5.92. The van der Waals surface area contributed by atoms with E-state index in [1.807, 2.05) is 13.0 Å². The molecule has 5 rings (SSSR count). The third-order valence-corrected chi connectivity index (χ3v) is 5.94. The lowest BCUT2D eigenvalue weighted by atomic mass is 9.48. The summed E-state index contributed by atoms with van der Waals surface area (Å²) in [5.74, 6) is 3.90. The predicted octanol–water partition coefficient (Wildman–Crippen LogP) is 4.33. The number of benzene rings is 1. The van der Waals surface area contributed by atoms with Crippen molar-refractivity contribution in [1.29, 1.82) is 0 Å². The molecule has 0 saturated heterocycles. The van der Waals surface area contributed by atoms with Gasteiger partial charge in [0.15, 0.2) is 6.79 Å². The average molecular weight is 285 g/mol. The molecule has 4 saturated carbocycles. The van der Waals surface area contributed by atoms with E-state index in [4.69, 9.17) is 9.47 Å². The standard InChI is InChI=1S/C19H25O2/c1-2-20-13-21-18-6-4-3-5-17(18)19-10-14-7-15(11-19)9-16(8-14)12-19/h4-6,14-16H,2,7-13H2,1H3. The van der Waals surface area contributed by atoms with E-state index in [2.05, 4.69) is 18.2 Å². The van der Waals surface area contributed by atoms with Gasteiger partial charge in [-0.15, -0.1) is 0 Å². The first-order chi connectivity index (χ1) is 10.3. The van der Waals surface area contributed by atoms with E-state index in [9.17, 15) is 0 Å². The Morgan fingerprint density at radius 1 is 1.14 bits per heavy atom. The molecule has 21 heavy (non-hydrogen) atoms. The molecule has 0 unspecified atom stereocenters. The maximum Gasteiger partial charge on any atom is 0.189 e. The van der Waals surface area contributed by atoms with Crippen LogP contribution in [0.4, 0.5) is 0 Å². The molecule has 4 aliphatic carbocycles. The Hall–Kier alpha value is -1.02. The number of hydrogen-bond donors (Lipinski definition) is 0. The van der Waals surface area contributed by atoms with E-state index >= 15 is 0 Å². The highest BCUT2D eigenvalue weighted by atomic mass is 16.7.